The second kappa shape index (κ2) is 10.1. The van der Waals surface area contributed by atoms with E-state index in [1.807, 2.05) is 45.9 Å². The van der Waals surface area contributed by atoms with E-state index in [9.17, 15) is 18.3 Å². The maximum absolute atomic E-state index is 12.5. The smallest absolute Gasteiger partial charge is 0.272 e. The fourth-order valence-corrected chi connectivity index (χ4v) is 3.69. The molecule has 0 spiro atoms. The predicted octanol–water partition coefficient (Wildman–Crippen LogP) is 2.38. The lowest BCUT2D eigenvalue weighted by Crippen LogP contribution is -2.45. The highest BCUT2D eigenvalue weighted by molar-refractivity contribution is 7.90. The summed E-state index contributed by atoms with van der Waals surface area (Å²) >= 11 is 0. The van der Waals surface area contributed by atoms with Crippen LogP contribution in [0.3, 0.4) is 0 Å². The van der Waals surface area contributed by atoms with Crippen molar-refractivity contribution in [1.82, 2.24) is 4.47 Å². The van der Waals surface area contributed by atoms with E-state index in [1.54, 1.807) is 0 Å². The summed E-state index contributed by atoms with van der Waals surface area (Å²) in [6.07, 6.45) is 0. The zero-order chi connectivity index (χ0) is 20.8. The van der Waals surface area contributed by atoms with E-state index in [0.29, 0.717) is 10.2 Å². The average Bonchev–Trinajstić information content (AvgIpc) is 2.61. The van der Waals surface area contributed by atoms with Crippen LogP contribution >= 0.6 is 0 Å². The molecule has 0 fully saturated rings. The van der Waals surface area contributed by atoms with Crippen LogP contribution in [0.1, 0.15) is 57.6 Å². The van der Waals surface area contributed by atoms with Crippen LogP contribution < -0.4 is 5.32 Å². The average molecular weight is 403 g/mol. The van der Waals surface area contributed by atoms with Gasteiger partial charge in [-0.25, -0.2) is 8.42 Å². The van der Waals surface area contributed by atoms with Gasteiger partial charge in [0.05, 0.1) is 0 Å². The number of nitrogens with zero attached hydrogens (tertiary/aromatic N) is 1. The number of rotatable bonds is 10. The number of aliphatic hydroxyl groups excluding tert-OH is 1. The van der Waals surface area contributed by atoms with Gasteiger partial charge in [-0.05, 0) is 29.9 Å². The second-order valence-corrected chi connectivity index (χ2v) is 8.55. The molecule has 1 atom stereocenters. The molecule has 1 amide bonds. The number of nitrogens with one attached hydrogen (secondary N) is 1. The molecule has 1 aromatic rings. The van der Waals surface area contributed by atoms with Crippen molar-refractivity contribution in [3.8, 4) is 0 Å². The molecule has 0 aliphatic heterocycles. The third kappa shape index (κ3) is 5.73. The van der Waals surface area contributed by atoms with Gasteiger partial charge in [0.2, 0.25) is 0 Å². The molecule has 1 unspecified atom stereocenters. The Morgan fingerprint density at radius 1 is 1.19 bits per heavy atom. The van der Waals surface area contributed by atoms with Crippen LogP contribution in [0, 0.1) is 0 Å². The van der Waals surface area contributed by atoms with Gasteiger partial charge >= 0.3 is 0 Å². The Morgan fingerprint density at radius 2 is 1.70 bits per heavy atom. The fourth-order valence-electron chi connectivity index (χ4n) is 2.58. The first-order valence-corrected chi connectivity index (χ1v) is 10.3. The van der Waals surface area contributed by atoms with Crippen molar-refractivity contribution in [2.45, 2.75) is 51.9 Å². The van der Waals surface area contributed by atoms with Crippen LogP contribution in [0.5, 0.6) is 0 Å². The second-order valence-electron chi connectivity index (χ2n) is 6.66. The SMILES string of the molecule is CCN(OCOC)S(=O)(=O)C(O)C(=O)Nc1c(C(C)C)cccc1C(C)C. The van der Waals surface area contributed by atoms with Gasteiger partial charge in [0.25, 0.3) is 21.4 Å². The van der Waals surface area contributed by atoms with Crippen molar-refractivity contribution in [2.24, 2.45) is 0 Å². The Hall–Kier alpha value is -1.52. The van der Waals surface area contributed by atoms with E-state index in [2.05, 4.69) is 10.1 Å². The number of para-hydroxylation sites is 1. The van der Waals surface area contributed by atoms with Crippen LogP contribution in [0.2, 0.25) is 0 Å². The lowest BCUT2D eigenvalue weighted by Gasteiger charge is -2.24. The highest BCUT2D eigenvalue weighted by Gasteiger charge is 2.37. The molecule has 0 bridgehead atoms. The molecule has 0 heterocycles. The van der Waals surface area contributed by atoms with Crippen molar-refractivity contribution in [2.75, 3.05) is 25.8 Å². The molecule has 9 heteroatoms. The van der Waals surface area contributed by atoms with E-state index >= 15 is 0 Å². The van der Waals surface area contributed by atoms with Crippen LogP contribution in [-0.2, 0) is 24.4 Å². The summed E-state index contributed by atoms with van der Waals surface area (Å²) in [5.41, 5.74) is -0.0543. The van der Waals surface area contributed by atoms with E-state index in [0.717, 1.165) is 11.1 Å². The van der Waals surface area contributed by atoms with Crippen molar-refractivity contribution in [3.05, 3.63) is 29.3 Å². The molecular formula is C18H30N2O6S. The highest BCUT2D eigenvalue weighted by atomic mass is 32.2. The quantitative estimate of drug-likeness (QED) is 0.460. The third-order valence-electron chi connectivity index (χ3n) is 3.98. The predicted molar refractivity (Wildman–Crippen MR) is 104 cm³/mol. The number of anilines is 1. The van der Waals surface area contributed by atoms with Crippen molar-refractivity contribution in [1.29, 1.82) is 0 Å². The summed E-state index contributed by atoms with van der Waals surface area (Å²) in [5.74, 6) is -0.834. The zero-order valence-electron chi connectivity index (χ0n) is 16.7. The maximum Gasteiger partial charge on any atom is 0.272 e. The van der Waals surface area contributed by atoms with Gasteiger partial charge in [-0.3, -0.25) is 9.63 Å². The number of hydrogen-bond donors (Lipinski definition) is 2. The molecule has 0 saturated carbocycles. The Bertz CT molecular complexity index is 707. The molecule has 0 aliphatic rings. The van der Waals surface area contributed by atoms with E-state index in [-0.39, 0.29) is 25.2 Å². The Morgan fingerprint density at radius 3 is 2.11 bits per heavy atom. The summed E-state index contributed by atoms with van der Waals surface area (Å²) in [7, 11) is -3.10. The molecule has 0 radical (unpaired) electrons. The molecule has 0 saturated heterocycles. The lowest BCUT2D eigenvalue weighted by molar-refractivity contribution is -0.163. The first kappa shape index (κ1) is 23.5. The Balaban J connectivity index is 3.18. The van der Waals surface area contributed by atoms with Crippen LogP contribution in [0.4, 0.5) is 5.69 Å². The molecule has 1 aromatic carbocycles. The van der Waals surface area contributed by atoms with Gasteiger partial charge in [-0.2, -0.15) is 0 Å². The van der Waals surface area contributed by atoms with Gasteiger partial charge < -0.3 is 15.2 Å². The first-order valence-electron chi connectivity index (χ1n) is 8.82. The monoisotopic (exact) mass is 402 g/mol. The van der Waals surface area contributed by atoms with Crippen molar-refractivity contribution >= 4 is 21.6 Å². The molecule has 2 N–H and O–H groups in total. The molecule has 154 valence electrons. The maximum atomic E-state index is 12.5. The summed E-state index contributed by atoms with van der Waals surface area (Å²) in [6, 6.07) is 5.63. The molecule has 8 nitrogen and oxygen atoms in total. The highest BCUT2D eigenvalue weighted by Crippen LogP contribution is 2.32. The fraction of sp³-hybridized carbons (Fsp3) is 0.611. The molecule has 0 aromatic heterocycles. The number of hydrogen-bond acceptors (Lipinski definition) is 6. The number of amides is 1. The number of aliphatic hydroxyl groups is 1. The Kier molecular flexibility index (Phi) is 8.83. The number of carbonyl (C=O) groups is 1. The largest absolute Gasteiger partial charge is 0.368 e. The van der Waals surface area contributed by atoms with Crippen LogP contribution in [0.25, 0.3) is 0 Å². The van der Waals surface area contributed by atoms with E-state index < -0.39 is 21.4 Å². The number of methoxy groups -OCH3 is 1. The van der Waals surface area contributed by atoms with Crippen LogP contribution in [-0.4, -0.2) is 49.8 Å². The molecule has 27 heavy (non-hydrogen) atoms. The lowest BCUT2D eigenvalue weighted by atomic mass is 9.92. The van der Waals surface area contributed by atoms with Gasteiger partial charge in [-0.1, -0.05) is 50.4 Å². The minimum absolute atomic E-state index is 0.0874. The van der Waals surface area contributed by atoms with Crippen molar-refractivity contribution in [3.63, 3.8) is 0 Å². The van der Waals surface area contributed by atoms with Crippen molar-refractivity contribution < 1.29 is 27.9 Å². The number of sulfonamides is 1. The van der Waals surface area contributed by atoms with Gasteiger partial charge in [0, 0.05) is 19.3 Å². The number of carbonyl (C=O) groups excluding carboxylic acids is 1. The van der Waals surface area contributed by atoms with Gasteiger partial charge in [0.15, 0.2) is 6.79 Å². The standard InChI is InChI=1S/C18H30N2O6S/c1-7-20(26-11-25-6)27(23,24)18(22)17(21)19-16-14(12(2)3)9-8-10-15(16)13(4)5/h8-10,12-13,18,22H,7,11H2,1-6H3,(H,19,21). The van der Waals surface area contributed by atoms with E-state index in [4.69, 9.17) is 4.84 Å². The number of hydroxylamine groups is 1. The summed E-state index contributed by atoms with van der Waals surface area (Å²) in [6.45, 7) is 8.99. The molecular weight excluding hydrogens is 372 g/mol. The van der Waals surface area contributed by atoms with E-state index in [1.165, 1.54) is 14.0 Å². The van der Waals surface area contributed by atoms with Gasteiger partial charge in [-0.15, -0.1) is 0 Å². The molecule has 1 rings (SSSR count). The van der Waals surface area contributed by atoms with Gasteiger partial charge in [0.1, 0.15) is 0 Å². The minimum atomic E-state index is -4.43. The summed E-state index contributed by atoms with van der Waals surface area (Å²) in [5, 5.41) is 12.8. The minimum Gasteiger partial charge on any atom is -0.368 e. The van der Waals surface area contributed by atoms with Crippen LogP contribution in [0.15, 0.2) is 18.2 Å². The molecule has 0 aliphatic carbocycles. The normalized spacial score (nSPS) is 13.4. The third-order valence-corrected chi connectivity index (χ3v) is 5.69. The number of benzene rings is 1. The first-order chi connectivity index (χ1) is 12.6. The Labute approximate surface area is 161 Å². The summed E-state index contributed by atoms with van der Waals surface area (Å²) < 4.78 is 30.2. The topological polar surface area (TPSA) is 105 Å². The zero-order valence-corrected chi connectivity index (χ0v) is 17.5. The summed E-state index contributed by atoms with van der Waals surface area (Å²) in [4.78, 5) is 17.5. The number of ether oxygens (including phenoxy) is 1.